The van der Waals surface area contributed by atoms with Crippen molar-refractivity contribution >= 4 is 33.7 Å². The molecule has 1 spiro atoms. The van der Waals surface area contributed by atoms with E-state index in [0.29, 0.717) is 12.4 Å². The lowest BCUT2D eigenvalue weighted by Crippen LogP contribution is -2.39. The lowest BCUT2D eigenvalue weighted by molar-refractivity contribution is 0.0902. The first-order chi connectivity index (χ1) is 13.9. The van der Waals surface area contributed by atoms with Crippen LogP contribution < -0.4 is 15.2 Å². The SMILES string of the molecule is N#CC1CC12CCN([C@H]1CCOc3cc(S(=O)(=O)NC(=S)/N=C\N)ccc31)CC2. The van der Waals surface area contributed by atoms with Gasteiger partial charge in [-0.1, -0.05) is 6.07 Å². The summed E-state index contributed by atoms with van der Waals surface area (Å²) in [4.78, 5) is 6.07. The first-order valence-electron chi connectivity index (χ1n) is 9.60. The van der Waals surface area contributed by atoms with E-state index in [1.807, 2.05) is 6.07 Å². The maximum Gasteiger partial charge on any atom is 0.263 e. The van der Waals surface area contributed by atoms with E-state index in [1.165, 1.54) is 6.07 Å². The Kier molecular flexibility index (Phi) is 5.23. The van der Waals surface area contributed by atoms with Crippen molar-refractivity contribution in [3.05, 3.63) is 23.8 Å². The van der Waals surface area contributed by atoms with Crippen LogP contribution in [0, 0.1) is 22.7 Å². The van der Waals surface area contributed by atoms with Crippen molar-refractivity contribution in [1.29, 1.82) is 5.26 Å². The van der Waals surface area contributed by atoms with Crippen LogP contribution in [0.2, 0.25) is 0 Å². The number of likely N-dealkylation sites (tertiary alicyclic amines) is 1. The van der Waals surface area contributed by atoms with E-state index in [9.17, 15) is 13.7 Å². The van der Waals surface area contributed by atoms with Crippen LogP contribution in [-0.2, 0) is 10.0 Å². The van der Waals surface area contributed by atoms with E-state index in [4.69, 9.17) is 22.7 Å². The predicted molar refractivity (Wildman–Crippen MR) is 112 cm³/mol. The summed E-state index contributed by atoms with van der Waals surface area (Å²) in [7, 11) is -3.86. The molecule has 0 radical (unpaired) electrons. The van der Waals surface area contributed by atoms with E-state index < -0.39 is 10.0 Å². The first kappa shape index (κ1) is 20.1. The van der Waals surface area contributed by atoms with E-state index in [-0.39, 0.29) is 27.4 Å². The number of rotatable bonds is 3. The van der Waals surface area contributed by atoms with Gasteiger partial charge in [-0.05, 0) is 56.1 Å². The van der Waals surface area contributed by atoms with Gasteiger partial charge in [0.2, 0.25) is 5.11 Å². The maximum atomic E-state index is 12.5. The zero-order valence-corrected chi connectivity index (χ0v) is 17.5. The average Bonchev–Trinajstić information content (AvgIpc) is 3.39. The lowest BCUT2D eigenvalue weighted by atomic mass is 9.88. The Bertz CT molecular complexity index is 994. The minimum absolute atomic E-state index is 0.0684. The summed E-state index contributed by atoms with van der Waals surface area (Å²) >= 11 is 4.84. The van der Waals surface area contributed by atoms with Gasteiger partial charge >= 0.3 is 0 Å². The molecule has 2 aliphatic heterocycles. The Morgan fingerprint density at radius 2 is 2.21 bits per heavy atom. The second kappa shape index (κ2) is 7.55. The fraction of sp³-hybridized carbons (Fsp3) is 0.526. The van der Waals surface area contributed by atoms with Crippen LogP contribution in [0.1, 0.15) is 37.3 Å². The number of aliphatic imine (C=N–C) groups is 1. The molecule has 154 valence electrons. The quantitative estimate of drug-likeness (QED) is 0.423. The fourth-order valence-electron chi connectivity index (χ4n) is 4.53. The highest BCUT2D eigenvalue weighted by atomic mass is 32.2. The second-order valence-corrected chi connectivity index (χ2v) is 9.89. The average molecular weight is 434 g/mol. The molecule has 0 aromatic heterocycles. The van der Waals surface area contributed by atoms with Crippen LogP contribution in [0.3, 0.4) is 0 Å². The van der Waals surface area contributed by atoms with Crippen LogP contribution in [0.5, 0.6) is 5.75 Å². The van der Waals surface area contributed by atoms with Gasteiger partial charge < -0.3 is 10.5 Å². The van der Waals surface area contributed by atoms with Crippen LogP contribution in [-0.4, -0.2) is 44.5 Å². The molecule has 0 bridgehead atoms. The molecule has 10 heteroatoms. The van der Waals surface area contributed by atoms with Crippen LogP contribution >= 0.6 is 12.2 Å². The van der Waals surface area contributed by atoms with Crippen molar-refractivity contribution in [2.45, 2.75) is 36.6 Å². The van der Waals surface area contributed by atoms with Gasteiger partial charge in [0, 0.05) is 24.1 Å². The monoisotopic (exact) mass is 433 g/mol. The molecule has 1 saturated carbocycles. The minimum atomic E-state index is -3.86. The number of piperidine rings is 1. The van der Waals surface area contributed by atoms with Gasteiger partial charge in [0.1, 0.15) is 5.75 Å². The van der Waals surface area contributed by atoms with Gasteiger partial charge in [-0.3, -0.25) is 9.62 Å². The number of nitriles is 1. The zero-order chi connectivity index (χ0) is 20.6. The maximum absolute atomic E-state index is 12.5. The number of thiocarbonyl (C=S) groups is 1. The Hall–Kier alpha value is -2.22. The Balaban J connectivity index is 1.51. The number of hydrogen-bond acceptors (Lipinski definition) is 6. The molecule has 29 heavy (non-hydrogen) atoms. The topological polar surface area (TPSA) is 121 Å². The molecule has 3 aliphatic rings. The Morgan fingerprint density at radius 1 is 1.45 bits per heavy atom. The molecular weight excluding hydrogens is 410 g/mol. The number of ether oxygens (including phenoxy) is 1. The highest BCUT2D eigenvalue weighted by Gasteiger charge is 2.55. The summed E-state index contributed by atoms with van der Waals surface area (Å²) in [5.41, 5.74) is 6.39. The van der Waals surface area contributed by atoms with Crippen LogP contribution in [0.25, 0.3) is 0 Å². The van der Waals surface area contributed by atoms with Gasteiger partial charge in [0.25, 0.3) is 10.0 Å². The number of nitrogens with zero attached hydrogens (tertiary/aromatic N) is 3. The summed E-state index contributed by atoms with van der Waals surface area (Å²) in [6, 6.07) is 7.55. The van der Waals surface area contributed by atoms with E-state index >= 15 is 0 Å². The molecule has 8 nitrogen and oxygen atoms in total. The second-order valence-electron chi connectivity index (χ2n) is 7.83. The third kappa shape index (κ3) is 3.82. The van der Waals surface area contributed by atoms with Gasteiger partial charge in [0.15, 0.2) is 0 Å². The smallest absolute Gasteiger partial charge is 0.263 e. The first-order valence-corrected chi connectivity index (χ1v) is 11.5. The van der Waals surface area contributed by atoms with Gasteiger partial charge in [-0.25, -0.2) is 13.4 Å². The van der Waals surface area contributed by atoms with Crippen molar-refractivity contribution in [2.75, 3.05) is 19.7 Å². The Morgan fingerprint density at radius 3 is 2.86 bits per heavy atom. The normalized spacial score (nSPS) is 25.8. The van der Waals surface area contributed by atoms with Crippen LogP contribution in [0.4, 0.5) is 0 Å². The molecule has 2 heterocycles. The number of sulfonamides is 1. The number of nitrogens with one attached hydrogen (secondary N) is 1. The minimum Gasteiger partial charge on any atom is -0.493 e. The number of benzene rings is 1. The molecule has 1 saturated heterocycles. The molecule has 1 aromatic rings. The largest absolute Gasteiger partial charge is 0.493 e. The van der Waals surface area contributed by atoms with Crippen molar-refractivity contribution in [3.63, 3.8) is 0 Å². The lowest BCUT2D eigenvalue weighted by Gasteiger charge is -2.40. The number of nitrogens with two attached hydrogens (primary N) is 1. The van der Waals surface area contributed by atoms with E-state index in [2.05, 4.69) is 20.7 Å². The van der Waals surface area contributed by atoms with Gasteiger partial charge in [-0.15, -0.1) is 0 Å². The van der Waals surface area contributed by atoms with Crippen molar-refractivity contribution < 1.29 is 13.2 Å². The molecule has 2 fully saturated rings. The van der Waals surface area contributed by atoms with Crippen molar-refractivity contribution in [3.8, 4) is 11.8 Å². The standard InChI is InChI=1S/C19H23N5O3S2/c20-11-13-10-19(13)4-6-24(7-5-19)16-3-8-27-17-9-14(1-2-15(16)17)29(25,26)23-18(28)22-12-21/h1-2,9,12-13,16H,3-8,10H2,(H3,21,22,23,28)/t13?,16-/m0/s1. The van der Waals surface area contributed by atoms with E-state index in [1.54, 1.807) is 6.07 Å². The molecular formula is C19H23N5O3S2. The highest BCUT2D eigenvalue weighted by molar-refractivity contribution is 7.91. The third-order valence-corrected chi connectivity index (χ3v) is 7.97. The van der Waals surface area contributed by atoms with E-state index in [0.717, 1.165) is 50.7 Å². The predicted octanol–water partition coefficient (Wildman–Crippen LogP) is 1.69. The molecule has 2 atom stereocenters. The van der Waals surface area contributed by atoms with Crippen LogP contribution in [0.15, 0.2) is 28.1 Å². The molecule has 3 N–H and O–H groups in total. The third-order valence-electron chi connectivity index (χ3n) is 6.30. The summed E-state index contributed by atoms with van der Waals surface area (Å²) < 4.78 is 33.0. The number of fused-ring (bicyclic) bond motifs is 1. The highest BCUT2D eigenvalue weighted by Crippen LogP contribution is 2.59. The fourth-order valence-corrected chi connectivity index (χ4v) is 5.83. The molecule has 0 amide bonds. The molecule has 1 aliphatic carbocycles. The van der Waals surface area contributed by atoms with Crippen molar-refractivity contribution in [2.24, 2.45) is 22.1 Å². The molecule has 1 unspecified atom stereocenters. The van der Waals surface area contributed by atoms with Gasteiger partial charge in [0.05, 0.1) is 29.8 Å². The van der Waals surface area contributed by atoms with Crippen molar-refractivity contribution in [1.82, 2.24) is 9.62 Å². The van der Waals surface area contributed by atoms with Gasteiger partial charge in [-0.2, -0.15) is 5.26 Å². The number of hydrogen-bond donors (Lipinski definition) is 2. The Labute approximate surface area is 175 Å². The summed E-state index contributed by atoms with van der Waals surface area (Å²) in [5, 5.41) is 8.97. The molecule has 4 rings (SSSR count). The summed E-state index contributed by atoms with van der Waals surface area (Å²) in [6.45, 7) is 2.44. The zero-order valence-electron chi connectivity index (χ0n) is 15.9. The summed E-state index contributed by atoms with van der Waals surface area (Å²) in [6.07, 6.45) is 4.93. The molecule has 1 aromatic carbocycles. The summed E-state index contributed by atoms with van der Waals surface area (Å²) in [5.74, 6) is 0.806.